The van der Waals surface area contributed by atoms with Crippen molar-refractivity contribution < 1.29 is 18.8 Å². The normalized spacial score (nSPS) is 11.1. The van der Waals surface area contributed by atoms with Gasteiger partial charge in [-0.2, -0.15) is 9.78 Å². The maximum Gasteiger partial charge on any atom is 0.311 e. The summed E-state index contributed by atoms with van der Waals surface area (Å²) in [5.41, 5.74) is 0.648. The second kappa shape index (κ2) is 9.67. The van der Waals surface area contributed by atoms with E-state index in [0.29, 0.717) is 38.9 Å². The zero-order chi connectivity index (χ0) is 25.9. The molecule has 0 atom stereocenters. The molecule has 0 N–H and O–H groups in total. The summed E-state index contributed by atoms with van der Waals surface area (Å²) < 4.78 is 17.8. The zero-order valence-corrected chi connectivity index (χ0v) is 19.5. The Labute approximate surface area is 209 Å². The van der Waals surface area contributed by atoms with Gasteiger partial charge in [-0.25, -0.2) is 4.98 Å². The van der Waals surface area contributed by atoms with Gasteiger partial charge in [-0.15, -0.1) is 6.42 Å². The van der Waals surface area contributed by atoms with Gasteiger partial charge < -0.3 is 13.9 Å². The smallest absolute Gasteiger partial charge is 0.311 e. The van der Waals surface area contributed by atoms with Crippen LogP contribution in [0.5, 0.6) is 11.5 Å². The lowest BCUT2D eigenvalue weighted by Gasteiger charge is -2.07. The second-order valence-electron chi connectivity index (χ2n) is 7.77. The number of nitrogens with zero attached hydrogens (tertiary/aromatic N) is 4. The summed E-state index contributed by atoms with van der Waals surface area (Å²) in [4.78, 5) is 29.0. The van der Waals surface area contributed by atoms with Gasteiger partial charge in [0.05, 0.1) is 34.5 Å². The van der Waals surface area contributed by atoms with Crippen LogP contribution >= 0.6 is 0 Å². The van der Waals surface area contributed by atoms with Crippen molar-refractivity contribution >= 4 is 33.8 Å². The van der Waals surface area contributed by atoms with Crippen molar-refractivity contribution in [3.8, 4) is 35.4 Å². The van der Waals surface area contributed by atoms with E-state index in [4.69, 9.17) is 20.3 Å². The topological polar surface area (TPSA) is 122 Å². The molecule has 10 nitrogen and oxygen atoms in total. The first-order valence-electron chi connectivity index (χ1n) is 11.0. The average molecular weight is 494 g/mol. The third-order valence-electron chi connectivity index (χ3n) is 5.53. The molecule has 37 heavy (non-hydrogen) atoms. The minimum atomic E-state index is -0.583. The molecule has 0 aliphatic heterocycles. The van der Waals surface area contributed by atoms with Crippen LogP contribution < -0.4 is 15.0 Å². The molecule has 5 rings (SSSR count). The van der Waals surface area contributed by atoms with Crippen LogP contribution in [-0.2, 0) is 0 Å². The van der Waals surface area contributed by atoms with Gasteiger partial charge in [0, 0.05) is 11.6 Å². The molecule has 0 unspecified atom stereocenters. The van der Waals surface area contributed by atoms with E-state index in [2.05, 4.69) is 16.0 Å². The number of hydrogen-bond donors (Lipinski definition) is 0. The highest BCUT2D eigenvalue weighted by molar-refractivity contribution is 5.88. The standard InChI is InChI=1S/C27H18N4O6/c1-3-13-36-24-12-11-17(14-21(24)31(33)34)16-28-30-26(29-20-8-5-4-7-18(20)27(30)32)25-15-19-22(35-2)9-6-10-23(19)37-25/h1,4-12,14-16H,13H2,2H3. The lowest BCUT2D eigenvalue weighted by molar-refractivity contribution is -0.385. The Balaban J connectivity index is 1.66. The van der Waals surface area contributed by atoms with Crippen molar-refractivity contribution in [3.05, 3.63) is 92.8 Å². The number of benzene rings is 3. The highest BCUT2D eigenvalue weighted by atomic mass is 16.6. The van der Waals surface area contributed by atoms with Crippen LogP contribution in [0.2, 0.25) is 0 Å². The van der Waals surface area contributed by atoms with Crippen LogP contribution in [0.15, 0.2) is 81.0 Å². The van der Waals surface area contributed by atoms with E-state index >= 15 is 0 Å². The van der Waals surface area contributed by atoms with Gasteiger partial charge in [-0.3, -0.25) is 14.9 Å². The molecule has 0 amide bonds. The van der Waals surface area contributed by atoms with Crippen LogP contribution in [0.3, 0.4) is 0 Å². The molecule has 10 heteroatoms. The highest BCUT2D eigenvalue weighted by Gasteiger charge is 2.19. The van der Waals surface area contributed by atoms with E-state index in [1.165, 1.54) is 18.3 Å². The van der Waals surface area contributed by atoms with Crippen molar-refractivity contribution in [2.24, 2.45) is 5.10 Å². The van der Waals surface area contributed by atoms with Crippen LogP contribution in [0, 0.1) is 22.5 Å². The van der Waals surface area contributed by atoms with Gasteiger partial charge in [0.1, 0.15) is 17.9 Å². The number of fused-ring (bicyclic) bond motifs is 2. The minimum absolute atomic E-state index is 0.0292. The molecule has 5 aromatic rings. The number of furan rings is 1. The van der Waals surface area contributed by atoms with E-state index in [1.807, 2.05) is 0 Å². The van der Waals surface area contributed by atoms with E-state index < -0.39 is 10.5 Å². The van der Waals surface area contributed by atoms with Crippen molar-refractivity contribution in [3.63, 3.8) is 0 Å². The number of aromatic nitrogens is 2. The number of nitro benzene ring substituents is 1. The molecular weight excluding hydrogens is 476 g/mol. The summed E-state index contributed by atoms with van der Waals surface area (Å²) >= 11 is 0. The van der Waals surface area contributed by atoms with E-state index in [9.17, 15) is 14.9 Å². The van der Waals surface area contributed by atoms with Crippen LogP contribution in [0.1, 0.15) is 5.56 Å². The van der Waals surface area contributed by atoms with Gasteiger partial charge in [0.25, 0.3) is 5.56 Å². The highest BCUT2D eigenvalue weighted by Crippen LogP contribution is 2.33. The fourth-order valence-electron chi connectivity index (χ4n) is 3.84. The second-order valence-corrected chi connectivity index (χ2v) is 7.77. The van der Waals surface area contributed by atoms with Gasteiger partial charge >= 0.3 is 5.69 Å². The summed E-state index contributed by atoms with van der Waals surface area (Å²) in [6.07, 6.45) is 6.50. The Hall–Kier alpha value is -5.43. The van der Waals surface area contributed by atoms with Crippen LogP contribution in [-0.4, -0.2) is 34.5 Å². The average Bonchev–Trinajstić information content (AvgIpc) is 3.36. The molecule has 0 aliphatic carbocycles. The fraction of sp³-hybridized carbons (Fsp3) is 0.0741. The first kappa shape index (κ1) is 23.3. The third-order valence-corrected chi connectivity index (χ3v) is 5.53. The predicted octanol–water partition coefficient (Wildman–Crippen LogP) is 4.62. The molecule has 0 bridgehead atoms. The molecule has 0 aliphatic rings. The first-order valence-corrected chi connectivity index (χ1v) is 11.0. The summed E-state index contributed by atoms with van der Waals surface area (Å²) in [5, 5.41) is 16.9. The quantitative estimate of drug-likeness (QED) is 0.140. The molecule has 0 fully saturated rings. The van der Waals surface area contributed by atoms with Crippen LogP contribution in [0.25, 0.3) is 33.5 Å². The molecule has 2 aromatic heterocycles. The van der Waals surface area contributed by atoms with Crippen LogP contribution in [0.4, 0.5) is 5.69 Å². The van der Waals surface area contributed by atoms with Crippen molar-refractivity contribution in [1.29, 1.82) is 0 Å². The predicted molar refractivity (Wildman–Crippen MR) is 138 cm³/mol. The Bertz CT molecular complexity index is 1800. The summed E-state index contributed by atoms with van der Waals surface area (Å²) in [5.74, 6) is 3.35. The number of ether oxygens (including phenoxy) is 2. The number of para-hydroxylation sites is 1. The van der Waals surface area contributed by atoms with Gasteiger partial charge in [-0.1, -0.05) is 24.1 Å². The van der Waals surface area contributed by atoms with Crippen molar-refractivity contribution in [2.75, 3.05) is 13.7 Å². The number of methoxy groups -OCH3 is 1. The van der Waals surface area contributed by atoms with E-state index in [0.717, 1.165) is 4.68 Å². The van der Waals surface area contributed by atoms with Crippen molar-refractivity contribution in [1.82, 2.24) is 9.66 Å². The SMILES string of the molecule is C#CCOc1ccc(C=Nn2c(-c3cc4c(OC)cccc4o3)nc3ccccc3c2=O)cc1[N+](=O)[O-]. The summed E-state index contributed by atoms with van der Waals surface area (Å²) in [7, 11) is 1.55. The first-order chi connectivity index (χ1) is 18.0. The maximum absolute atomic E-state index is 13.4. The molecule has 0 saturated carbocycles. The van der Waals surface area contributed by atoms with E-state index in [1.54, 1.807) is 61.7 Å². The molecule has 2 heterocycles. The summed E-state index contributed by atoms with van der Waals surface area (Å²) in [6.45, 7) is -0.113. The monoisotopic (exact) mass is 494 g/mol. The largest absolute Gasteiger partial charge is 0.496 e. The lowest BCUT2D eigenvalue weighted by Crippen LogP contribution is -2.20. The lowest BCUT2D eigenvalue weighted by atomic mass is 10.2. The summed E-state index contributed by atoms with van der Waals surface area (Å²) in [6, 6.07) is 18.2. The molecule has 0 radical (unpaired) electrons. The zero-order valence-electron chi connectivity index (χ0n) is 19.5. The third kappa shape index (κ3) is 4.37. The minimum Gasteiger partial charge on any atom is -0.496 e. The van der Waals surface area contributed by atoms with Gasteiger partial charge in [0.15, 0.2) is 11.5 Å². The Morgan fingerprint density at radius 3 is 2.76 bits per heavy atom. The Morgan fingerprint density at radius 2 is 1.97 bits per heavy atom. The molecule has 0 spiro atoms. The molecular formula is C27H18N4O6. The molecule has 3 aromatic carbocycles. The van der Waals surface area contributed by atoms with Gasteiger partial charge in [-0.05, 0) is 42.5 Å². The molecule has 182 valence electrons. The van der Waals surface area contributed by atoms with Crippen molar-refractivity contribution in [2.45, 2.75) is 0 Å². The Kier molecular flexibility index (Phi) is 6.10. The molecule has 0 saturated heterocycles. The Morgan fingerprint density at radius 1 is 1.14 bits per heavy atom. The number of terminal acetylenes is 1. The number of hydrogen-bond acceptors (Lipinski definition) is 8. The fourth-order valence-corrected chi connectivity index (χ4v) is 3.84. The number of nitro groups is 1. The maximum atomic E-state index is 13.4. The number of rotatable bonds is 7. The van der Waals surface area contributed by atoms with Gasteiger partial charge in [0.2, 0.25) is 5.82 Å². The van der Waals surface area contributed by atoms with E-state index in [-0.39, 0.29) is 23.9 Å².